The summed E-state index contributed by atoms with van der Waals surface area (Å²) in [4.78, 5) is 0. The molecule has 0 fully saturated rings. The molecule has 14 heavy (non-hydrogen) atoms. The van der Waals surface area contributed by atoms with Gasteiger partial charge in [0.2, 0.25) is 0 Å². The Morgan fingerprint density at radius 2 is 1.71 bits per heavy atom. The normalized spacial score (nSPS) is 11.2. The second kappa shape index (κ2) is 2.85. The summed E-state index contributed by atoms with van der Waals surface area (Å²) in [6.45, 7) is 0. The Kier molecular flexibility index (Phi) is 1.64. The standard InChI is InChI=1S/C12H7BrO/c13-11-7-14-12-6-9-4-2-1-3-8(9)5-10(11)12/h1-7H. The molecule has 3 aromatic rings. The molecule has 0 N–H and O–H groups in total. The van der Waals surface area contributed by atoms with E-state index in [0.29, 0.717) is 0 Å². The van der Waals surface area contributed by atoms with Crippen LogP contribution in [0.2, 0.25) is 0 Å². The SMILES string of the molecule is Brc1coc2cc3ccccc3cc12. The first-order valence-corrected chi connectivity index (χ1v) is 5.19. The Balaban J connectivity index is 2.54. The Morgan fingerprint density at radius 1 is 1.00 bits per heavy atom. The molecule has 1 heterocycles. The zero-order chi connectivity index (χ0) is 9.54. The molecule has 0 saturated heterocycles. The minimum atomic E-state index is 0.926. The summed E-state index contributed by atoms with van der Waals surface area (Å²) in [7, 11) is 0. The van der Waals surface area contributed by atoms with Crippen molar-refractivity contribution in [2.24, 2.45) is 0 Å². The number of halogens is 1. The van der Waals surface area contributed by atoms with Crippen LogP contribution in [0.5, 0.6) is 0 Å². The maximum atomic E-state index is 5.41. The molecule has 1 aromatic heterocycles. The highest BCUT2D eigenvalue weighted by atomic mass is 79.9. The molecule has 0 amide bonds. The Labute approximate surface area is 89.5 Å². The number of benzene rings is 2. The molecule has 0 atom stereocenters. The van der Waals surface area contributed by atoms with E-state index >= 15 is 0 Å². The van der Waals surface area contributed by atoms with Crippen molar-refractivity contribution in [3.05, 3.63) is 47.1 Å². The van der Waals surface area contributed by atoms with E-state index in [4.69, 9.17) is 4.42 Å². The van der Waals surface area contributed by atoms with Gasteiger partial charge in [0, 0.05) is 5.39 Å². The molecule has 0 aliphatic heterocycles. The highest BCUT2D eigenvalue weighted by Crippen LogP contribution is 2.29. The number of hydrogen-bond acceptors (Lipinski definition) is 1. The van der Waals surface area contributed by atoms with Gasteiger partial charge in [0.1, 0.15) is 11.8 Å². The third-order valence-electron chi connectivity index (χ3n) is 2.39. The lowest BCUT2D eigenvalue weighted by Gasteiger charge is -1.96. The monoisotopic (exact) mass is 246 g/mol. The predicted molar refractivity (Wildman–Crippen MR) is 61.4 cm³/mol. The molecule has 1 nitrogen and oxygen atoms in total. The van der Waals surface area contributed by atoms with Crippen LogP contribution in [0.1, 0.15) is 0 Å². The van der Waals surface area contributed by atoms with Crippen LogP contribution in [-0.4, -0.2) is 0 Å². The fraction of sp³-hybridized carbons (Fsp3) is 0. The fourth-order valence-corrected chi connectivity index (χ4v) is 2.09. The van der Waals surface area contributed by atoms with Crippen molar-refractivity contribution in [2.45, 2.75) is 0 Å². The lowest BCUT2D eigenvalue weighted by molar-refractivity contribution is 0.614. The molecule has 0 bridgehead atoms. The smallest absolute Gasteiger partial charge is 0.135 e. The van der Waals surface area contributed by atoms with Crippen LogP contribution in [0.25, 0.3) is 21.7 Å². The van der Waals surface area contributed by atoms with Crippen molar-refractivity contribution in [2.75, 3.05) is 0 Å². The van der Waals surface area contributed by atoms with E-state index in [1.165, 1.54) is 10.8 Å². The highest BCUT2D eigenvalue weighted by Gasteiger charge is 2.04. The summed E-state index contributed by atoms with van der Waals surface area (Å²) in [6, 6.07) is 12.5. The van der Waals surface area contributed by atoms with Gasteiger partial charge in [-0.2, -0.15) is 0 Å². The van der Waals surface area contributed by atoms with E-state index < -0.39 is 0 Å². The number of furan rings is 1. The summed E-state index contributed by atoms with van der Waals surface area (Å²) >= 11 is 3.46. The molecule has 2 heteroatoms. The zero-order valence-corrected chi connectivity index (χ0v) is 8.91. The van der Waals surface area contributed by atoms with Gasteiger partial charge < -0.3 is 4.42 Å². The summed E-state index contributed by atoms with van der Waals surface area (Å²) < 4.78 is 6.42. The second-order valence-electron chi connectivity index (χ2n) is 3.28. The highest BCUT2D eigenvalue weighted by molar-refractivity contribution is 9.10. The summed E-state index contributed by atoms with van der Waals surface area (Å²) in [5.41, 5.74) is 0.926. The van der Waals surface area contributed by atoms with Crippen molar-refractivity contribution in [3.8, 4) is 0 Å². The first kappa shape index (κ1) is 8.06. The van der Waals surface area contributed by atoms with Crippen LogP contribution in [0.15, 0.2) is 51.6 Å². The molecule has 2 aromatic carbocycles. The van der Waals surface area contributed by atoms with Gasteiger partial charge in [-0.1, -0.05) is 24.3 Å². The minimum Gasteiger partial charge on any atom is -0.463 e. The Bertz CT molecular complexity index is 610. The van der Waals surface area contributed by atoms with Crippen molar-refractivity contribution >= 4 is 37.7 Å². The predicted octanol–water partition coefficient (Wildman–Crippen LogP) is 4.35. The molecular weight excluding hydrogens is 240 g/mol. The molecular formula is C12H7BrO. The first-order chi connectivity index (χ1) is 6.84. The molecule has 0 spiro atoms. The number of hydrogen-bond donors (Lipinski definition) is 0. The molecule has 0 radical (unpaired) electrons. The van der Waals surface area contributed by atoms with Crippen LogP contribution >= 0.6 is 15.9 Å². The van der Waals surface area contributed by atoms with Gasteiger partial charge >= 0.3 is 0 Å². The zero-order valence-electron chi connectivity index (χ0n) is 7.33. The lowest BCUT2D eigenvalue weighted by Crippen LogP contribution is -1.71. The van der Waals surface area contributed by atoms with Crippen LogP contribution in [-0.2, 0) is 0 Å². The van der Waals surface area contributed by atoms with Gasteiger partial charge in [-0.15, -0.1) is 0 Å². The Hall–Kier alpha value is -1.28. The van der Waals surface area contributed by atoms with Crippen LogP contribution < -0.4 is 0 Å². The average molecular weight is 247 g/mol. The third kappa shape index (κ3) is 1.07. The molecule has 0 unspecified atom stereocenters. The molecule has 0 aliphatic carbocycles. The van der Waals surface area contributed by atoms with E-state index in [0.717, 1.165) is 15.4 Å². The third-order valence-corrected chi connectivity index (χ3v) is 3.01. The fourth-order valence-electron chi connectivity index (χ4n) is 1.68. The van der Waals surface area contributed by atoms with Crippen LogP contribution in [0.4, 0.5) is 0 Å². The number of fused-ring (bicyclic) bond motifs is 2. The van der Waals surface area contributed by atoms with E-state index in [-0.39, 0.29) is 0 Å². The number of rotatable bonds is 0. The molecule has 3 rings (SSSR count). The summed E-state index contributed by atoms with van der Waals surface area (Å²) in [5, 5.41) is 3.58. The maximum absolute atomic E-state index is 5.41. The van der Waals surface area contributed by atoms with Crippen molar-refractivity contribution in [1.82, 2.24) is 0 Å². The first-order valence-electron chi connectivity index (χ1n) is 4.40. The average Bonchev–Trinajstić information content (AvgIpc) is 2.57. The van der Waals surface area contributed by atoms with Gasteiger partial charge in [0.15, 0.2) is 0 Å². The minimum absolute atomic E-state index is 0.926. The maximum Gasteiger partial charge on any atom is 0.135 e. The van der Waals surface area contributed by atoms with Gasteiger partial charge in [-0.05, 0) is 38.8 Å². The second-order valence-corrected chi connectivity index (χ2v) is 4.13. The van der Waals surface area contributed by atoms with Crippen molar-refractivity contribution < 1.29 is 4.42 Å². The van der Waals surface area contributed by atoms with Crippen LogP contribution in [0, 0.1) is 0 Å². The summed E-state index contributed by atoms with van der Waals surface area (Å²) in [5.74, 6) is 0. The summed E-state index contributed by atoms with van der Waals surface area (Å²) in [6.07, 6.45) is 1.73. The van der Waals surface area contributed by atoms with Gasteiger partial charge in [0.25, 0.3) is 0 Å². The molecule has 0 saturated carbocycles. The lowest BCUT2D eigenvalue weighted by atomic mass is 10.1. The topological polar surface area (TPSA) is 13.1 Å². The van der Waals surface area contributed by atoms with E-state index in [9.17, 15) is 0 Å². The van der Waals surface area contributed by atoms with E-state index in [2.05, 4.69) is 40.2 Å². The van der Waals surface area contributed by atoms with Crippen LogP contribution in [0.3, 0.4) is 0 Å². The van der Waals surface area contributed by atoms with E-state index in [1.54, 1.807) is 6.26 Å². The van der Waals surface area contributed by atoms with Gasteiger partial charge in [-0.25, -0.2) is 0 Å². The van der Waals surface area contributed by atoms with Crippen molar-refractivity contribution in [3.63, 3.8) is 0 Å². The molecule has 0 aliphatic rings. The van der Waals surface area contributed by atoms with Crippen molar-refractivity contribution in [1.29, 1.82) is 0 Å². The van der Waals surface area contributed by atoms with Gasteiger partial charge in [-0.3, -0.25) is 0 Å². The largest absolute Gasteiger partial charge is 0.463 e. The quantitative estimate of drug-likeness (QED) is 0.575. The van der Waals surface area contributed by atoms with Gasteiger partial charge in [0.05, 0.1) is 4.47 Å². The van der Waals surface area contributed by atoms with E-state index in [1.807, 2.05) is 12.1 Å². The molecule has 68 valence electrons. The Morgan fingerprint density at radius 3 is 2.50 bits per heavy atom.